The third kappa shape index (κ3) is 8.38. The molecule has 2 aliphatic rings. The average molecular weight is 642 g/mol. The molecule has 1 unspecified atom stereocenters. The predicted octanol–water partition coefficient (Wildman–Crippen LogP) is 6.04. The summed E-state index contributed by atoms with van der Waals surface area (Å²) in [5.41, 5.74) is 2.04. The summed E-state index contributed by atoms with van der Waals surface area (Å²) < 4.78 is 1.82. The predicted molar refractivity (Wildman–Crippen MR) is 177 cm³/mol. The Balaban J connectivity index is 1.67. The summed E-state index contributed by atoms with van der Waals surface area (Å²) in [5.74, 6) is -0.695. The Kier molecular flexibility index (Phi) is 12.6. The van der Waals surface area contributed by atoms with E-state index in [1.54, 1.807) is 4.90 Å². The first-order chi connectivity index (χ1) is 21.1. The van der Waals surface area contributed by atoms with Gasteiger partial charge in [-0.2, -0.15) is 0 Å². The van der Waals surface area contributed by atoms with Crippen molar-refractivity contribution in [1.29, 1.82) is 5.16 Å². The molecule has 6 atom stereocenters. The minimum absolute atomic E-state index is 0.0631. The molecule has 0 bridgehead atoms. The molecule has 240 valence electrons. The van der Waals surface area contributed by atoms with Crippen LogP contribution in [0.15, 0.2) is 30.5 Å². The van der Waals surface area contributed by atoms with Crippen LogP contribution in [0.3, 0.4) is 0 Å². The van der Waals surface area contributed by atoms with E-state index in [4.69, 9.17) is 17.4 Å². The number of aromatic nitrogens is 1. The molecule has 1 aromatic carbocycles. The van der Waals surface area contributed by atoms with Crippen LogP contribution in [0.1, 0.15) is 90.5 Å². The molecule has 44 heavy (non-hydrogen) atoms. The lowest BCUT2D eigenvalue weighted by molar-refractivity contribution is -0.143. The maximum Gasteiger partial charge on any atom is 0.244 e. The van der Waals surface area contributed by atoms with E-state index in [9.17, 15) is 19.2 Å². The van der Waals surface area contributed by atoms with Gasteiger partial charge in [-0.1, -0.05) is 58.2 Å². The summed E-state index contributed by atoms with van der Waals surface area (Å²) in [4.78, 5) is 58.9. The van der Waals surface area contributed by atoms with Crippen molar-refractivity contribution < 1.29 is 19.2 Å². The van der Waals surface area contributed by atoms with Gasteiger partial charge in [0.2, 0.25) is 11.8 Å². The van der Waals surface area contributed by atoms with Gasteiger partial charge in [-0.15, -0.1) is 9.83 Å². The van der Waals surface area contributed by atoms with Gasteiger partial charge in [-0.3, -0.25) is 19.2 Å². The monoisotopic (exact) mass is 641 g/mol. The third-order valence-electron chi connectivity index (χ3n) is 9.51. The summed E-state index contributed by atoms with van der Waals surface area (Å²) in [6.07, 6.45) is 8.58. The molecular formula is C33H48N5O4PS. The first-order valence-corrected chi connectivity index (χ1v) is 18.6. The second kappa shape index (κ2) is 16.1. The number of unbranched alkanes of at least 4 members (excludes halogenated alkanes) is 2. The molecule has 2 fully saturated rings. The number of carbonyl (C=O) groups is 4. The smallest absolute Gasteiger partial charge is 0.244 e. The number of carbonyl (C=O) groups excluding carboxylic acids is 4. The number of amides is 2. The SMILES string of the molecule is CCC(=O)CCCCC[C@@H]1CC(=O)[C@H]2CCCN2C(=O)[C@H]([C@@H](C)CC)N([P+](=N)[S-])C[C@H](Cc2c[nH]c3ccccc23)NC1=O. The summed E-state index contributed by atoms with van der Waals surface area (Å²) in [6.45, 7) is 6.70. The first kappa shape index (κ1) is 34.3. The standard InChI is InChI=1S/C33H48N5O4PS/c1-4-22(3)31-33(42)37-17-11-16-29(37)30(40)19-23(12-7-6-8-13-26(39)5-2)32(41)36-25(21-38(31)43(34)44)18-24-20-35-28-15-10-9-14-27(24)28/h9-10,14-15,20,22-23,25,29,31,34-35H,4-8,11-13,16-19,21H2,1-3H3,(H,36,41)/t22-,23+,25-,29+,31-/m0/s1. The van der Waals surface area contributed by atoms with E-state index in [1.807, 2.05) is 55.9 Å². The number of Topliss-reactive ketones (excluding diaryl/α,β-unsaturated/α-hetero) is 2. The summed E-state index contributed by atoms with van der Waals surface area (Å²) in [7, 11) is -1.84. The topological polar surface area (TPSA) is 126 Å². The number of fused-ring (bicyclic) bond motifs is 2. The highest BCUT2D eigenvalue weighted by atomic mass is 32.7. The van der Waals surface area contributed by atoms with E-state index >= 15 is 0 Å². The number of benzene rings is 1. The minimum Gasteiger partial charge on any atom is -0.446 e. The third-order valence-corrected chi connectivity index (χ3v) is 11.0. The normalized spacial score (nSPS) is 24.9. The van der Waals surface area contributed by atoms with Crippen molar-refractivity contribution in [2.75, 3.05) is 13.1 Å². The van der Waals surface area contributed by atoms with Crippen molar-refractivity contribution in [3.63, 3.8) is 0 Å². The lowest BCUT2D eigenvalue weighted by Crippen LogP contribution is -2.56. The number of nitrogens with zero attached hydrogens (tertiary/aromatic N) is 2. The molecule has 11 heteroatoms. The Hall–Kier alpha value is -2.55. The van der Waals surface area contributed by atoms with Gasteiger partial charge in [0, 0.05) is 54.9 Å². The lowest BCUT2D eigenvalue weighted by atomic mass is 9.90. The van der Waals surface area contributed by atoms with Crippen LogP contribution in [-0.4, -0.2) is 69.2 Å². The van der Waals surface area contributed by atoms with E-state index in [2.05, 4.69) is 10.3 Å². The highest BCUT2D eigenvalue weighted by Crippen LogP contribution is 2.36. The van der Waals surface area contributed by atoms with E-state index < -0.39 is 31.1 Å². The van der Waals surface area contributed by atoms with Crippen LogP contribution >= 0.6 is 7.07 Å². The average Bonchev–Trinajstić information content (AvgIpc) is 3.66. The van der Waals surface area contributed by atoms with Crippen LogP contribution in [0.5, 0.6) is 0 Å². The Labute approximate surface area is 267 Å². The Morgan fingerprint density at radius 3 is 2.66 bits per heavy atom. The summed E-state index contributed by atoms with van der Waals surface area (Å²) >= 11 is 5.60. The van der Waals surface area contributed by atoms with Gasteiger partial charge in [0.1, 0.15) is 11.8 Å². The van der Waals surface area contributed by atoms with Crippen molar-refractivity contribution in [2.45, 2.75) is 110 Å². The van der Waals surface area contributed by atoms with Crippen molar-refractivity contribution in [2.24, 2.45) is 11.8 Å². The van der Waals surface area contributed by atoms with Gasteiger partial charge in [0.15, 0.2) is 12.8 Å². The van der Waals surface area contributed by atoms with Gasteiger partial charge >= 0.3 is 0 Å². The highest BCUT2D eigenvalue weighted by Gasteiger charge is 2.45. The molecule has 2 aromatic rings. The van der Waals surface area contributed by atoms with Crippen LogP contribution < -0.4 is 5.32 Å². The molecule has 0 spiro atoms. The van der Waals surface area contributed by atoms with Gasteiger partial charge < -0.3 is 27.4 Å². The van der Waals surface area contributed by atoms with Gasteiger partial charge in [-0.05, 0) is 49.7 Å². The number of hydrogen-bond acceptors (Lipinski definition) is 6. The minimum atomic E-state index is -1.84. The van der Waals surface area contributed by atoms with Crippen molar-refractivity contribution in [3.8, 4) is 0 Å². The van der Waals surface area contributed by atoms with Crippen molar-refractivity contribution >= 4 is 53.6 Å². The zero-order valence-corrected chi connectivity index (χ0v) is 28.1. The Morgan fingerprint density at radius 2 is 1.93 bits per heavy atom. The molecular weight excluding hydrogens is 593 g/mol. The molecule has 0 radical (unpaired) electrons. The second-order valence-electron chi connectivity index (χ2n) is 12.5. The molecule has 2 amide bonds. The molecule has 0 aliphatic carbocycles. The fraction of sp³-hybridized carbons (Fsp3) is 0.636. The van der Waals surface area contributed by atoms with Crippen LogP contribution in [0, 0.1) is 17.0 Å². The molecule has 9 nitrogen and oxygen atoms in total. The second-order valence-corrected chi connectivity index (χ2v) is 14.6. The fourth-order valence-electron chi connectivity index (χ4n) is 6.77. The van der Waals surface area contributed by atoms with E-state index in [1.165, 1.54) is 0 Å². The molecule has 1 aromatic heterocycles. The molecule has 3 heterocycles. The van der Waals surface area contributed by atoms with Crippen LogP contribution in [-0.2, 0) is 37.8 Å². The first-order valence-electron chi connectivity index (χ1n) is 16.3. The summed E-state index contributed by atoms with van der Waals surface area (Å²) in [5, 5.41) is 13.1. The number of ketones is 2. The maximum atomic E-state index is 14.3. The fourth-order valence-corrected chi connectivity index (χ4v) is 8.17. The van der Waals surface area contributed by atoms with Gasteiger partial charge in [-0.25, -0.2) is 0 Å². The number of hydrogen-bond donors (Lipinski definition) is 3. The van der Waals surface area contributed by atoms with E-state index in [0.29, 0.717) is 38.6 Å². The molecule has 2 saturated heterocycles. The Morgan fingerprint density at radius 1 is 1.16 bits per heavy atom. The number of H-pyrrole nitrogens is 1. The molecule has 4 rings (SSSR count). The number of para-hydroxylation sites is 1. The quantitative estimate of drug-likeness (QED) is 0.147. The summed E-state index contributed by atoms with van der Waals surface area (Å²) in [6, 6.07) is 6.43. The van der Waals surface area contributed by atoms with Gasteiger partial charge in [0.05, 0.1) is 12.6 Å². The zero-order valence-electron chi connectivity index (χ0n) is 26.3. The highest BCUT2D eigenvalue weighted by molar-refractivity contribution is 8.27. The van der Waals surface area contributed by atoms with E-state index in [0.717, 1.165) is 48.6 Å². The molecule has 0 saturated carbocycles. The number of rotatable bonds is 12. The van der Waals surface area contributed by atoms with Crippen LogP contribution in [0.2, 0.25) is 0 Å². The zero-order chi connectivity index (χ0) is 31.8. The Bertz CT molecular complexity index is 1350. The number of nitrogens with one attached hydrogen (secondary N) is 3. The largest absolute Gasteiger partial charge is 0.446 e. The van der Waals surface area contributed by atoms with E-state index in [-0.39, 0.29) is 42.3 Å². The van der Waals surface area contributed by atoms with Crippen molar-refractivity contribution in [1.82, 2.24) is 19.9 Å². The van der Waals surface area contributed by atoms with Crippen LogP contribution in [0.4, 0.5) is 0 Å². The molecule has 2 aliphatic heterocycles. The van der Waals surface area contributed by atoms with Crippen molar-refractivity contribution in [3.05, 3.63) is 36.0 Å². The number of aromatic amines is 1. The van der Waals surface area contributed by atoms with Crippen LogP contribution in [0.25, 0.3) is 10.9 Å². The van der Waals surface area contributed by atoms with Gasteiger partial charge in [0.25, 0.3) is 0 Å². The maximum absolute atomic E-state index is 14.3. The molecule has 3 N–H and O–H groups in total. The lowest BCUT2D eigenvalue weighted by Gasteiger charge is -2.37.